The van der Waals surface area contributed by atoms with Crippen molar-refractivity contribution in [1.82, 2.24) is 9.97 Å². The van der Waals surface area contributed by atoms with Gasteiger partial charge in [-0.25, -0.2) is 22.5 Å². The zero-order valence-electron chi connectivity index (χ0n) is 10.1. The second-order valence-electron chi connectivity index (χ2n) is 4.04. The van der Waals surface area contributed by atoms with Crippen molar-refractivity contribution in [2.75, 3.05) is 11.1 Å². The summed E-state index contributed by atoms with van der Waals surface area (Å²) in [7, 11) is 0. The largest absolute Gasteiger partial charge is 0.368 e. The van der Waals surface area contributed by atoms with Crippen LogP contribution >= 0.6 is 11.3 Å². The summed E-state index contributed by atoms with van der Waals surface area (Å²) < 4.78 is 53.6. The molecule has 0 aliphatic rings. The second-order valence-corrected chi connectivity index (χ2v) is 4.93. The molecule has 0 fully saturated rings. The monoisotopic (exact) mass is 314 g/mol. The molecule has 0 amide bonds. The third kappa shape index (κ3) is 2.25. The minimum absolute atomic E-state index is 0.0402. The van der Waals surface area contributed by atoms with Crippen molar-refractivity contribution in [1.29, 1.82) is 0 Å². The first-order valence-corrected chi connectivity index (χ1v) is 6.46. The number of halogens is 4. The summed E-state index contributed by atoms with van der Waals surface area (Å²) in [5, 5.41) is 4.34. The Morgan fingerprint density at radius 3 is 2.38 bits per heavy atom. The van der Waals surface area contributed by atoms with Crippen molar-refractivity contribution in [3.05, 3.63) is 40.8 Å². The van der Waals surface area contributed by atoms with E-state index in [4.69, 9.17) is 5.73 Å². The molecule has 0 atom stereocenters. The van der Waals surface area contributed by atoms with E-state index in [2.05, 4.69) is 15.3 Å². The topological polar surface area (TPSA) is 63.8 Å². The predicted molar refractivity (Wildman–Crippen MR) is 71.4 cm³/mol. The lowest BCUT2D eigenvalue weighted by atomic mass is 10.2. The molecule has 2 heterocycles. The molecule has 3 N–H and O–H groups in total. The molecule has 2 aromatic heterocycles. The SMILES string of the molecule is Nc1nc(Nc2c(F)c(F)cc(F)c2F)c2ccsc2n1. The fourth-order valence-corrected chi connectivity index (χ4v) is 2.54. The molecule has 0 unspecified atom stereocenters. The summed E-state index contributed by atoms with van der Waals surface area (Å²) in [5.41, 5.74) is 4.51. The van der Waals surface area contributed by atoms with Crippen molar-refractivity contribution < 1.29 is 17.6 Å². The average Bonchev–Trinajstić information content (AvgIpc) is 2.89. The molecule has 108 valence electrons. The molecule has 0 aliphatic carbocycles. The molecule has 9 heteroatoms. The molecule has 0 saturated heterocycles. The van der Waals surface area contributed by atoms with Crippen LogP contribution < -0.4 is 11.1 Å². The lowest BCUT2D eigenvalue weighted by Gasteiger charge is -2.10. The van der Waals surface area contributed by atoms with E-state index in [0.717, 1.165) is 0 Å². The van der Waals surface area contributed by atoms with E-state index in [9.17, 15) is 17.6 Å². The Labute approximate surface area is 119 Å². The number of nitrogens with two attached hydrogens (primary N) is 1. The van der Waals surface area contributed by atoms with E-state index >= 15 is 0 Å². The summed E-state index contributed by atoms with van der Waals surface area (Å²) >= 11 is 1.23. The number of hydrogen-bond acceptors (Lipinski definition) is 5. The number of nitrogen functional groups attached to an aromatic ring is 1. The van der Waals surface area contributed by atoms with E-state index in [-0.39, 0.29) is 17.8 Å². The Bertz CT molecular complexity index is 823. The van der Waals surface area contributed by atoms with Gasteiger partial charge < -0.3 is 11.1 Å². The van der Waals surface area contributed by atoms with Crippen LogP contribution in [0.15, 0.2) is 17.5 Å². The molecule has 0 radical (unpaired) electrons. The van der Waals surface area contributed by atoms with Crippen molar-refractivity contribution in [2.45, 2.75) is 0 Å². The number of rotatable bonds is 2. The van der Waals surface area contributed by atoms with Gasteiger partial charge in [-0.15, -0.1) is 11.3 Å². The first kappa shape index (κ1) is 13.6. The average molecular weight is 314 g/mol. The standard InChI is InChI=1S/C12H6F4N4S/c13-5-3-6(14)8(16)9(7(5)15)18-10-4-1-2-21-11(4)20-12(17)19-10/h1-3H,(H3,17,18,19,20). The molecular weight excluding hydrogens is 308 g/mol. The van der Waals surface area contributed by atoms with Gasteiger partial charge in [0.2, 0.25) is 5.95 Å². The maximum atomic E-state index is 13.6. The highest BCUT2D eigenvalue weighted by molar-refractivity contribution is 7.16. The van der Waals surface area contributed by atoms with E-state index in [1.54, 1.807) is 11.4 Å². The number of anilines is 3. The molecule has 0 aliphatic heterocycles. The van der Waals surface area contributed by atoms with Crippen LogP contribution in [0.2, 0.25) is 0 Å². The van der Waals surface area contributed by atoms with Crippen LogP contribution in [-0.2, 0) is 0 Å². The van der Waals surface area contributed by atoms with E-state index in [1.165, 1.54) is 11.3 Å². The highest BCUT2D eigenvalue weighted by Gasteiger charge is 2.20. The van der Waals surface area contributed by atoms with Crippen molar-refractivity contribution >= 4 is 39.0 Å². The summed E-state index contributed by atoms with van der Waals surface area (Å²) in [4.78, 5) is 8.20. The third-order valence-corrected chi connectivity index (χ3v) is 3.50. The molecule has 0 saturated carbocycles. The molecule has 21 heavy (non-hydrogen) atoms. The van der Waals surface area contributed by atoms with Gasteiger partial charge in [0.25, 0.3) is 0 Å². The minimum Gasteiger partial charge on any atom is -0.368 e. The zero-order valence-corrected chi connectivity index (χ0v) is 10.9. The van der Waals surface area contributed by atoms with Crippen LogP contribution in [0.3, 0.4) is 0 Å². The van der Waals surface area contributed by atoms with Gasteiger partial charge in [-0.3, -0.25) is 0 Å². The zero-order chi connectivity index (χ0) is 15.1. The Kier molecular flexibility index (Phi) is 3.13. The van der Waals surface area contributed by atoms with Crippen LogP contribution in [-0.4, -0.2) is 9.97 Å². The summed E-state index contributed by atoms with van der Waals surface area (Å²) in [6.45, 7) is 0. The van der Waals surface area contributed by atoms with Crippen LogP contribution in [0.5, 0.6) is 0 Å². The molecule has 1 aromatic carbocycles. The highest BCUT2D eigenvalue weighted by Crippen LogP contribution is 2.31. The quantitative estimate of drug-likeness (QED) is 0.560. The number of nitrogens with zero attached hydrogens (tertiary/aromatic N) is 2. The fourth-order valence-electron chi connectivity index (χ4n) is 1.77. The van der Waals surface area contributed by atoms with Crippen molar-refractivity contribution in [3.8, 4) is 0 Å². The Morgan fingerprint density at radius 2 is 1.71 bits per heavy atom. The predicted octanol–water partition coefficient (Wildman–Crippen LogP) is 3.57. The minimum atomic E-state index is -1.55. The van der Waals surface area contributed by atoms with Crippen molar-refractivity contribution in [3.63, 3.8) is 0 Å². The Morgan fingerprint density at radius 1 is 1.05 bits per heavy atom. The van der Waals surface area contributed by atoms with E-state index in [1.807, 2.05) is 0 Å². The van der Waals surface area contributed by atoms with Gasteiger partial charge >= 0.3 is 0 Å². The molecule has 0 bridgehead atoms. The van der Waals surface area contributed by atoms with Crippen LogP contribution in [0.4, 0.5) is 35.0 Å². The lowest BCUT2D eigenvalue weighted by molar-refractivity contribution is 0.459. The van der Waals surface area contributed by atoms with Gasteiger partial charge in [-0.2, -0.15) is 4.98 Å². The number of thiophene rings is 1. The van der Waals surface area contributed by atoms with Crippen LogP contribution in [0.1, 0.15) is 0 Å². The normalized spacial score (nSPS) is 11.0. The van der Waals surface area contributed by atoms with E-state index in [0.29, 0.717) is 10.2 Å². The van der Waals surface area contributed by atoms with Gasteiger partial charge in [0.1, 0.15) is 16.3 Å². The molecule has 0 spiro atoms. The first-order chi connectivity index (χ1) is 9.97. The number of nitrogens with one attached hydrogen (secondary N) is 1. The lowest BCUT2D eigenvalue weighted by Crippen LogP contribution is -2.06. The fraction of sp³-hybridized carbons (Fsp3) is 0. The highest BCUT2D eigenvalue weighted by atomic mass is 32.1. The van der Waals surface area contributed by atoms with Crippen LogP contribution in [0.25, 0.3) is 10.2 Å². The maximum Gasteiger partial charge on any atom is 0.223 e. The number of fused-ring (bicyclic) bond motifs is 1. The van der Waals surface area contributed by atoms with Crippen LogP contribution in [0, 0.1) is 23.3 Å². The van der Waals surface area contributed by atoms with E-state index < -0.39 is 29.0 Å². The number of hydrogen-bond donors (Lipinski definition) is 2. The Hall–Kier alpha value is -2.42. The molecule has 4 nitrogen and oxygen atoms in total. The summed E-state index contributed by atoms with van der Waals surface area (Å²) in [6.07, 6.45) is 0. The van der Waals surface area contributed by atoms with Gasteiger partial charge in [0.15, 0.2) is 23.3 Å². The van der Waals surface area contributed by atoms with Gasteiger partial charge in [-0.1, -0.05) is 0 Å². The smallest absolute Gasteiger partial charge is 0.223 e. The molecule has 3 rings (SSSR count). The first-order valence-electron chi connectivity index (χ1n) is 5.58. The summed E-state index contributed by atoms with van der Waals surface area (Å²) in [5.74, 6) is -6.30. The third-order valence-electron chi connectivity index (χ3n) is 2.70. The van der Waals surface area contributed by atoms with Crippen molar-refractivity contribution in [2.24, 2.45) is 0 Å². The number of aromatic nitrogens is 2. The van der Waals surface area contributed by atoms with Gasteiger partial charge in [-0.05, 0) is 11.4 Å². The van der Waals surface area contributed by atoms with Gasteiger partial charge in [0, 0.05) is 6.07 Å². The molecular formula is C12H6F4N4S. The summed E-state index contributed by atoms with van der Waals surface area (Å²) in [6, 6.07) is 1.72. The van der Waals surface area contributed by atoms with Gasteiger partial charge in [0.05, 0.1) is 5.39 Å². The molecule has 3 aromatic rings. The maximum absolute atomic E-state index is 13.6. The second kappa shape index (κ2) is 4.85. The number of benzene rings is 1. The Balaban J connectivity index is 2.17.